The van der Waals surface area contributed by atoms with Gasteiger partial charge in [-0.15, -0.1) is 0 Å². The van der Waals surface area contributed by atoms with E-state index >= 15 is 0 Å². The lowest BCUT2D eigenvalue weighted by molar-refractivity contribution is 0.0641. The molecule has 4 heteroatoms. The van der Waals surface area contributed by atoms with Crippen molar-refractivity contribution < 1.29 is 4.79 Å². The Bertz CT molecular complexity index is 503. The maximum Gasteiger partial charge on any atom is 0.254 e. The lowest BCUT2D eigenvalue weighted by atomic mass is 9.88. The number of piperidine rings is 1. The summed E-state index contributed by atoms with van der Waals surface area (Å²) in [6, 6.07) is 6.00. The van der Waals surface area contributed by atoms with E-state index in [0.29, 0.717) is 5.92 Å². The summed E-state index contributed by atoms with van der Waals surface area (Å²) >= 11 is 2.29. The average Bonchev–Trinajstić information content (AvgIpc) is 2.88. The number of amides is 1. The Morgan fingerprint density at radius 2 is 2.16 bits per heavy atom. The summed E-state index contributed by atoms with van der Waals surface area (Å²) < 4.78 is 1.09. The fourth-order valence-electron chi connectivity index (χ4n) is 3.20. The summed E-state index contributed by atoms with van der Waals surface area (Å²) in [7, 11) is 0. The zero-order valence-corrected chi connectivity index (χ0v) is 13.3. The van der Waals surface area contributed by atoms with E-state index in [9.17, 15) is 4.79 Å². The lowest BCUT2D eigenvalue weighted by Gasteiger charge is -2.34. The van der Waals surface area contributed by atoms with E-state index in [2.05, 4.69) is 40.9 Å². The predicted octanol–water partition coefficient (Wildman–Crippen LogP) is 2.28. The molecule has 2 aliphatic heterocycles. The fraction of sp³-hybridized carbons (Fsp3) is 0.533. The SMILES string of the molecule is Cc1cccc(C(=O)N2CCC3CNCC3C2)c1I. The van der Waals surface area contributed by atoms with Gasteiger partial charge in [-0.25, -0.2) is 0 Å². The van der Waals surface area contributed by atoms with Gasteiger partial charge in [0.2, 0.25) is 0 Å². The number of nitrogens with zero attached hydrogens (tertiary/aromatic N) is 1. The van der Waals surface area contributed by atoms with Gasteiger partial charge < -0.3 is 10.2 Å². The van der Waals surface area contributed by atoms with Crippen molar-refractivity contribution in [2.75, 3.05) is 26.2 Å². The minimum atomic E-state index is 0.207. The number of hydrogen-bond acceptors (Lipinski definition) is 2. The van der Waals surface area contributed by atoms with Gasteiger partial charge in [-0.05, 0) is 72.5 Å². The first-order valence-electron chi connectivity index (χ1n) is 6.92. The number of halogens is 1. The first kappa shape index (κ1) is 13.4. The zero-order chi connectivity index (χ0) is 13.4. The molecule has 102 valence electrons. The lowest BCUT2D eigenvalue weighted by Crippen LogP contribution is -2.43. The van der Waals surface area contributed by atoms with Crippen molar-refractivity contribution in [3.63, 3.8) is 0 Å². The summed E-state index contributed by atoms with van der Waals surface area (Å²) in [5.41, 5.74) is 2.05. The normalized spacial score (nSPS) is 26.3. The molecule has 0 radical (unpaired) electrons. The Hall–Kier alpha value is -0.620. The molecular formula is C15H19IN2O. The Balaban J connectivity index is 1.79. The van der Waals surface area contributed by atoms with Crippen LogP contribution in [-0.2, 0) is 0 Å². The van der Waals surface area contributed by atoms with Crippen molar-refractivity contribution in [2.45, 2.75) is 13.3 Å². The van der Waals surface area contributed by atoms with Gasteiger partial charge in [0, 0.05) is 16.7 Å². The molecule has 0 saturated carbocycles. The fourth-order valence-corrected chi connectivity index (χ4v) is 3.79. The molecule has 0 spiro atoms. The maximum atomic E-state index is 12.7. The van der Waals surface area contributed by atoms with Gasteiger partial charge >= 0.3 is 0 Å². The first-order chi connectivity index (χ1) is 9.16. The van der Waals surface area contributed by atoms with Crippen molar-refractivity contribution in [2.24, 2.45) is 11.8 Å². The Labute approximate surface area is 127 Å². The van der Waals surface area contributed by atoms with Crippen LogP contribution in [0.4, 0.5) is 0 Å². The number of rotatable bonds is 1. The molecular weight excluding hydrogens is 351 g/mol. The Morgan fingerprint density at radius 1 is 1.37 bits per heavy atom. The number of aryl methyl sites for hydroxylation is 1. The number of nitrogens with one attached hydrogen (secondary N) is 1. The van der Waals surface area contributed by atoms with Crippen LogP contribution in [0.25, 0.3) is 0 Å². The van der Waals surface area contributed by atoms with Crippen LogP contribution in [-0.4, -0.2) is 37.0 Å². The van der Waals surface area contributed by atoms with E-state index in [-0.39, 0.29) is 5.91 Å². The smallest absolute Gasteiger partial charge is 0.254 e. The molecule has 2 heterocycles. The molecule has 2 fully saturated rings. The van der Waals surface area contributed by atoms with Crippen LogP contribution in [0.5, 0.6) is 0 Å². The number of likely N-dealkylation sites (tertiary alicyclic amines) is 1. The molecule has 3 nitrogen and oxygen atoms in total. The van der Waals surface area contributed by atoms with E-state index in [0.717, 1.165) is 47.7 Å². The number of carbonyl (C=O) groups is 1. The summed E-state index contributed by atoms with van der Waals surface area (Å²) in [5, 5.41) is 3.44. The van der Waals surface area contributed by atoms with Crippen LogP contribution >= 0.6 is 22.6 Å². The van der Waals surface area contributed by atoms with Crippen molar-refractivity contribution in [1.29, 1.82) is 0 Å². The second kappa shape index (κ2) is 5.40. The third-order valence-corrected chi connectivity index (χ3v) is 5.85. The standard InChI is InChI=1S/C15H19IN2O/c1-10-3-2-4-13(14(10)16)15(19)18-6-5-11-7-17-8-12(11)9-18/h2-4,11-12,17H,5-9H2,1H3. The number of hydrogen-bond donors (Lipinski definition) is 1. The van der Waals surface area contributed by atoms with Gasteiger partial charge in [-0.3, -0.25) is 4.79 Å². The van der Waals surface area contributed by atoms with Crippen LogP contribution in [0.2, 0.25) is 0 Å². The second-order valence-corrected chi connectivity index (χ2v) is 6.73. The van der Waals surface area contributed by atoms with E-state index in [4.69, 9.17) is 0 Å². The molecule has 3 rings (SSSR count). The van der Waals surface area contributed by atoms with Crippen molar-refractivity contribution in [3.8, 4) is 0 Å². The topological polar surface area (TPSA) is 32.3 Å². The third kappa shape index (κ3) is 2.52. The molecule has 0 bridgehead atoms. The summed E-state index contributed by atoms with van der Waals surface area (Å²) in [6.07, 6.45) is 1.14. The summed E-state index contributed by atoms with van der Waals surface area (Å²) in [4.78, 5) is 14.7. The number of benzene rings is 1. The molecule has 2 saturated heterocycles. The summed E-state index contributed by atoms with van der Waals surface area (Å²) in [6.45, 7) is 6.09. The summed E-state index contributed by atoms with van der Waals surface area (Å²) in [5.74, 6) is 1.64. The number of carbonyl (C=O) groups excluding carboxylic acids is 1. The first-order valence-corrected chi connectivity index (χ1v) is 8.00. The molecule has 19 heavy (non-hydrogen) atoms. The monoisotopic (exact) mass is 370 g/mol. The van der Waals surface area contributed by atoms with Crippen molar-refractivity contribution >= 4 is 28.5 Å². The van der Waals surface area contributed by atoms with Gasteiger partial charge in [0.15, 0.2) is 0 Å². The van der Waals surface area contributed by atoms with E-state index in [1.165, 1.54) is 5.56 Å². The Kier molecular flexibility index (Phi) is 3.80. The second-order valence-electron chi connectivity index (χ2n) is 5.65. The third-order valence-electron chi connectivity index (χ3n) is 4.41. The van der Waals surface area contributed by atoms with Crippen LogP contribution in [0.15, 0.2) is 18.2 Å². The van der Waals surface area contributed by atoms with Crippen LogP contribution in [0, 0.1) is 22.3 Å². The minimum absolute atomic E-state index is 0.207. The molecule has 1 aromatic rings. The van der Waals surface area contributed by atoms with Crippen LogP contribution in [0.1, 0.15) is 22.3 Å². The Morgan fingerprint density at radius 3 is 3.00 bits per heavy atom. The molecule has 0 aromatic heterocycles. The molecule has 2 atom stereocenters. The van der Waals surface area contributed by atoms with Gasteiger partial charge in [0.05, 0.1) is 5.56 Å². The van der Waals surface area contributed by atoms with Gasteiger partial charge in [0.1, 0.15) is 0 Å². The maximum absolute atomic E-state index is 12.7. The largest absolute Gasteiger partial charge is 0.338 e. The molecule has 2 unspecified atom stereocenters. The highest BCUT2D eigenvalue weighted by Crippen LogP contribution is 2.28. The highest BCUT2D eigenvalue weighted by Gasteiger charge is 2.35. The van der Waals surface area contributed by atoms with Crippen molar-refractivity contribution in [3.05, 3.63) is 32.9 Å². The highest BCUT2D eigenvalue weighted by atomic mass is 127. The molecule has 0 aliphatic carbocycles. The van der Waals surface area contributed by atoms with Gasteiger partial charge in [0.25, 0.3) is 5.91 Å². The van der Waals surface area contributed by atoms with Crippen LogP contribution in [0.3, 0.4) is 0 Å². The van der Waals surface area contributed by atoms with Gasteiger partial charge in [-0.1, -0.05) is 12.1 Å². The van der Waals surface area contributed by atoms with E-state index in [1.54, 1.807) is 0 Å². The predicted molar refractivity (Wildman–Crippen MR) is 84.3 cm³/mol. The van der Waals surface area contributed by atoms with Crippen LogP contribution < -0.4 is 5.32 Å². The molecule has 1 aromatic carbocycles. The van der Waals surface area contributed by atoms with E-state index in [1.807, 2.05) is 17.0 Å². The molecule has 1 N–H and O–H groups in total. The van der Waals surface area contributed by atoms with Crippen molar-refractivity contribution in [1.82, 2.24) is 10.2 Å². The highest BCUT2D eigenvalue weighted by molar-refractivity contribution is 14.1. The number of fused-ring (bicyclic) bond motifs is 1. The molecule has 1 amide bonds. The quantitative estimate of drug-likeness (QED) is 0.770. The minimum Gasteiger partial charge on any atom is -0.338 e. The zero-order valence-electron chi connectivity index (χ0n) is 11.2. The molecule has 2 aliphatic rings. The van der Waals surface area contributed by atoms with Gasteiger partial charge in [-0.2, -0.15) is 0 Å². The average molecular weight is 370 g/mol. The van der Waals surface area contributed by atoms with E-state index < -0.39 is 0 Å².